The number of hydrogen-bond acceptors (Lipinski definition) is 1. The van der Waals surface area contributed by atoms with Gasteiger partial charge in [-0.15, -0.1) is 54.5 Å². The molecular weight excluding hydrogens is 432 g/mol. The van der Waals surface area contributed by atoms with Crippen LogP contribution in [0.5, 0.6) is 0 Å². The first-order valence-corrected chi connectivity index (χ1v) is 10.4. The zero-order chi connectivity index (χ0) is 14.6. The van der Waals surface area contributed by atoms with Gasteiger partial charge in [-0.25, -0.2) is 0 Å². The fraction of sp³-hybridized carbons (Fsp3) is 0.158. The van der Waals surface area contributed by atoms with E-state index in [-0.39, 0.29) is 51.0 Å². The number of rotatable bonds is 0. The summed E-state index contributed by atoms with van der Waals surface area (Å²) in [5.74, 6) is 0. The van der Waals surface area contributed by atoms with Crippen LogP contribution in [0.15, 0.2) is 81.3 Å². The summed E-state index contributed by atoms with van der Waals surface area (Å²) < 4.78 is 0. The van der Waals surface area contributed by atoms with Gasteiger partial charge in [0.05, 0.1) is 5.70 Å². The van der Waals surface area contributed by atoms with Gasteiger partial charge in [0.2, 0.25) is 0 Å². The van der Waals surface area contributed by atoms with Crippen LogP contribution in [0, 0.1) is 0 Å². The SMILES string of the molecule is CC1=NC2=CC=C3C2=C1[Si]3(C)C.Cl.Cl.[Zr].c1ccc2[cH-]ccc2c1. The molecule has 1 nitrogen and oxygen atoms in total. The number of benzene rings is 1. The molecule has 0 N–H and O–H groups in total. The van der Waals surface area contributed by atoms with Gasteiger partial charge in [-0.05, 0) is 23.4 Å². The largest absolute Gasteiger partial charge is 0.253 e. The predicted octanol–water partition coefficient (Wildman–Crippen LogP) is 5.78. The number of fused-ring (bicyclic) bond motifs is 1. The van der Waals surface area contributed by atoms with Crippen molar-refractivity contribution in [2.24, 2.45) is 4.99 Å². The van der Waals surface area contributed by atoms with E-state index in [0.717, 1.165) is 0 Å². The minimum absolute atomic E-state index is 0. The van der Waals surface area contributed by atoms with Crippen LogP contribution in [0.4, 0.5) is 0 Å². The Hall–Kier alpha value is -0.600. The molecule has 0 saturated carbocycles. The van der Waals surface area contributed by atoms with Crippen molar-refractivity contribution in [3.05, 3.63) is 76.3 Å². The topological polar surface area (TPSA) is 12.4 Å². The van der Waals surface area contributed by atoms with Crippen molar-refractivity contribution >= 4 is 49.4 Å². The Morgan fingerprint density at radius 2 is 1.71 bits per heavy atom. The summed E-state index contributed by atoms with van der Waals surface area (Å²) in [6.45, 7) is 6.98. The molecule has 2 aromatic rings. The second-order valence-corrected chi connectivity index (χ2v) is 10.6. The molecular formula is C19H20Cl2NSiZr-. The molecule has 24 heavy (non-hydrogen) atoms. The molecule has 0 atom stereocenters. The third kappa shape index (κ3) is 3.12. The smallest absolute Gasteiger partial charge is 0.116 e. The Kier molecular flexibility index (Phi) is 6.92. The molecule has 2 aromatic carbocycles. The van der Waals surface area contributed by atoms with Crippen LogP contribution in [-0.2, 0) is 26.2 Å². The third-order valence-corrected chi connectivity index (χ3v) is 8.30. The Balaban J connectivity index is 0.000000220. The first-order valence-electron chi connectivity index (χ1n) is 7.43. The van der Waals surface area contributed by atoms with Crippen LogP contribution in [0.2, 0.25) is 13.1 Å². The maximum atomic E-state index is 4.56. The van der Waals surface area contributed by atoms with Gasteiger partial charge in [0.1, 0.15) is 8.07 Å². The number of hydrogen-bond donors (Lipinski definition) is 0. The van der Waals surface area contributed by atoms with Gasteiger partial charge in [0, 0.05) is 37.5 Å². The first kappa shape index (κ1) is 21.4. The average Bonchev–Trinajstić information content (AvgIpc) is 3.09. The van der Waals surface area contributed by atoms with E-state index in [0.29, 0.717) is 0 Å². The van der Waals surface area contributed by atoms with Gasteiger partial charge >= 0.3 is 0 Å². The van der Waals surface area contributed by atoms with E-state index in [1.807, 2.05) is 0 Å². The quantitative estimate of drug-likeness (QED) is 0.355. The Labute approximate surface area is 176 Å². The van der Waals surface area contributed by atoms with Crippen LogP contribution >= 0.6 is 24.8 Å². The second-order valence-electron chi connectivity index (χ2n) is 6.36. The van der Waals surface area contributed by atoms with Gasteiger partial charge in [0.25, 0.3) is 0 Å². The molecule has 5 heteroatoms. The molecule has 5 rings (SSSR count). The summed E-state index contributed by atoms with van der Waals surface area (Å²) >= 11 is 0. The van der Waals surface area contributed by atoms with E-state index in [9.17, 15) is 0 Å². The summed E-state index contributed by atoms with van der Waals surface area (Å²) in [7, 11) is -1.17. The van der Waals surface area contributed by atoms with Crippen molar-refractivity contribution in [3.8, 4) is 0 Å². The van der Waals surface area contributed by atoms with Gasteiger partial charge in [-0.2, -0.15) is 17.5 Å². The van der Waals surface area contributed by atoms with E-state index in [1.165, 1.54) is 27.8 Å². The van der Waals surface area contributed by atoms with Crippen molar-refractivity contribution < 1.29 is 26.2 Å². The van der Waals surface area contributed by atoms with Crippen molar-refractivity contribution in [1.82, 2.24) is 0 Å². The van der Waals surface area contributed by atoms with Gasteiger partial charge < -0.3 is 0 Å². The minimum atomic E-state index is -1.17. The molecule has 1 aliphatic carbocycles. The average molecular weight is 453 g/mol. The molecule has 3 aliphatic rings. The summed E-state index contributed by atoms with van der Waals surface area (Å²) in [5.41, 5.74) is 4.00. The normalized spacial score (nSPS) is 17.7. The predicted molar refractivity (Wildman–Crippen MR) is 108 cm³/mol. The molecule has 0 spiro atoms. The van der Waals surface area contributed by atoms with Crippen molar-refractivity contribution in [2.75, 3.05) is 0 Å². The van der Waals surface area contributed by atoms with Crippen LogP contribution in [-0.4, -0.2) is 13.8 Å². The fourth-order valence-corrected chi connectivity index (χ4v) is 6.98. The van der Waals surface area contributed by atoms with Crippen LogP contribution in [0.3, 0.4) is 0 Å². The van der Waals surface area contributed by atoms with Crippen molar-refractivity contribution in [2.45, 2.75) is 20.0 Å². The molecule has 0 unspecified atom stereocenters. The zero-order valence-electron chi connectivity index (χ0n) is 14.0. The van der Waals surface area contributed by atoms with E-state index < -0.39 is 8.07 Å². The first-order chi connectivity index (χ1) is 10.1. The van der Waals surface area contributed by atoms with E-state index in [2.05, 4.69) is 79.6 Å². The zero-order valence-corrected chi connectivity index (χ0v) is 19.1. The van der Waals surface area contributed by atoms with E-state index >= 15 is 0 Å². The van der Waals surface area contributed by atoms with Crippen LogP contribution < -0.4 is 0 Å². The van der Waals surface area contributed by atoms with E-state index in [1.54, 1.807) is 10.4 Å². The molecule has 0 saturated heterocycles. The van der Waals surface area contributed by atoms with Gasteiger partial charge in [-0.3, -0.25) is 4.99 Å². The fourth-order valence-electron chi connectivity index (χ4n) is 3.67. The standard InChI is InChI=1S/C10H11NSi.C9H7.2ClH.Zr/c1-6-10-9-7(11-6)4-5-8(9)12(10,2)3;1-2-5-9-7-3-6-8(9)4-1;;;/h4-5H,1-3H3;1-7H;2*1H;/q;-1;;;. The molecule has 0 fully saturated rings. The maximum absolute atomic E-state index is 4.56. The molecule has 0 aromatic heterocycles. The van der Waals surface area contributed by atoms with Gasteiger partial charge in [0.15, 0.2) is 0 Å². The Bertz CT molecular complexity index is 857. The number of allylic oxidation sites excluding steroid dienone is 4. The second kappa shape index (κ2) is 7.74. The van der Waals surface area contributed by atoms with Gasteiger partial charge in [-0.1, -0.05) is 25.2 Å². The van der Waals surface area contributed by atoms with Crippen molar-refractivity contribution in [1.29, 1.82) is 0 Å². The van der Waals surface area contributed by atoms with Crippen LogP contribution in [0.1, 0.15) is 6.92 Å². The third-order valence-electron chi connectivity index (χ3n) is 4.68. The molecule has 0 amide bonds. The molecule has 124 valence electrons. The molecule has 0 radical (unpaired) electrons. The molecule has 0 bridgehead atoms. The Morgan fingerprint density at radius 1 is 1.00 bits per heavy atom. The number of nitrogens with zero attached hydrogens (tertiary/aromatic N) is 1. The summed E-state index contributed by atoms with van der Waals surface area (Å²) in [6, 6.07) is 14.7. The Morgan fingerprint density at radius 3 is 2.42 bits per heavy atom. The van der Waals surface area contributed by atoms with Crippen molar-refractivity contribution in [3.63, 3.8) is 0 Å². The van der Waals surface area contributed by atoms with Crippen LogP contribution in [0.25, 0.3) is 10.8 Å². The maximum Gasteiger partial charge on any atom is 0.116 e. The molecule has 2 heterocycles. The molecule has 2 aliphatic heterocycles. The minimum Gasteiger partial charge on any atom is -0.253 e. The van der Waals surface area contributed by atoms with E-state index in [4.69, 9.17) is 0 Å². The summed E-state index contributed by atoms with van der Waals surface area (Å²) in [5, 5.41) is 5.89. The summed E-state index contributed by atoms with van der Waals surface area (Å²) in [4.78, 5) is 4.56. The number of halogens is 2. The summed E-state index contributed by atoms with van der Waals surface area (Å²) in [6.07, 6.45) is 4.44. The number of aliphatic imine (C=N–C) groups is 1. The monoisotopic (exact) mass is 450 g/mol.